The number of methoxy groups -OCH3 is 1. The minimum Gasteiger partial charge on any atom is -0.497 e. The lowest BCUT2D eigenvalue weighted by Crippen LogP contribution is -2.26. The normalized spacial score (nSPS) is 10.5. The molecule has 2 aromatic carbocycles. The molecule has 3 rings (SSSR count). The Bertz CT molecular complexity index is 929. The van der Waals surface area contributed by atoms with Crippen LogP contribution in [-0.2, 0) is 22.7 Å². The van der Waals surface area contributed by atoms with Crippen LogP contribution in [0.2, 0.25) is 0 Å². The molecule has 0 atom stereocenters. The summed E-state index contributed by atoms with van der Waals surface area (Å²) in [6, 6.07) is 15.1. The number of hydrogen-bond donors (Lipinski definition) is 2. The van der Waals surface area contributed by atoms with Crippen molar-refractivity contribution in [2.24, 2.45) is 0 Å². The molecule has 2 N–H and O–H groups in total. The van der Waals surface area contributed by atoms with E-state index in [1.54, 1.807) is 7.11 Å². The van der Waals surface area contributed by atoms with E-state index in [0.717, 1.165) is 27.9 Å². The molecule has 0 saturated heterocycles. The first kappa shape index (κ1) is 17.5. The standard InChI is InChI=1S/C20H21N3O3/c1-14(24)22-18-4-3-5-19-17(18)10-11-23(19)13-20(25)21-12-15-6-8-16(26-2)9-7-15/h3-11H,12-13H2,1-2H3,(H,21,25)(H,22,24). The second-order valence-electron chi connectivity index (χ2n) is 5.99. The molecule has 0 fully saturated rings. The summed E-state index contributed by atoms with van der Waals surface area (Å²) in [7, 11) is 1.62. The molecule has 0 saturated carbocycles. The molecule has 0 bridgehead atoms. The molecule has 0 aliphatic rings. The Morgan fingerprint density at radius 1 is 1.08 bits per heavy atom. The quantitative estimate of drug-likeness (QED) is 0.717. The maximum absolute atomic E-state index is 12.3. The lowest BCUT2D eigenvalue weighted by Gasteiger charge is -2.09. The molecule has 0 radical (unpaired) electrons. The van der Waals surface area contributed by atoms with Crippen LogP contribution in [-0.4, -0.2) is 23.5 Å². The summed E-state index contributed by atoms with van der Waals surface area (Å²) in [5.74, 6) is 0.583. The summed E-state index contributed by atoms with van der Waals surface area (Å²) >= 11 is 0. The topological polar surface area (TPSA) is 72.4 Å². The van der Waals surface area contributed by atoms with Crippen LogP contribution in [0.15, 0.2) is 54.7 Å². The zero-order valence-electron chi connectivity index (χ0n) is 14.8. The molecule has 0 unspecified atom stereocenters. The number of nitrogens with zero attached hydrogens (tertiary/aromatic N) is 1. The Kier molecular flexibility index (Phi) is 5.22. The number of fused-ring (bicyclic) bond motifs is 1. The van der Waals surface area contributed by atoms with Gasteiger partial charge in [0.15, 0.2) is 0 Å². The van der Waals surface area contributed by atoms with Gasteiger partial charge in [-0.15, -0.1) is 0 Å². The zero-order valence-corrected chi connectivity index (χ0v) is 14.8. The lowest BCUT2D eigenvalue weighted by atomic mass is 10.2. The van der Waals surface area contributed by atoms with Gasteiger partial charge in [-0.05, 0) is 35.9 Å². The fraction of sp³-hybridized carbons (Fsp3) is 0.200. The van der Waals surface area contributed by atoms with Gasteiger partial charge in [0.05, 0.1) is 18.3 Å². The molecule has 0 aliphatic heterocycles. The predicted octanol–water partition coefficient (Wildman–Crippen LogP) is 2.92. The number of ether oxygens (including phenoxy) is 1. The van der Waals surface area contributed by atoms with Crippen LogP contribution >= 0.6 is 0 Å². The third kappa shape index (κ3) is 4.03. The van der Waals surface area contributed by atoms with Crippen molar-refractivity contribution >= 4 is 28.4 Å². The zero-order chi connectivity index (χ0) is 18.5. The molecule has 6 heteroatoms. The highest BCUT2D eigenvalue weighted by Crippen LogP contribution is 2.24. The van der Waals surface area contributed by atoms with Crippen LogP contribution in [0.25, 0.3) is 10.9 Å². The van der Waals surface area contributed by atoms with Gasteiger partial charge >= 0.3 is 0 Å². The fourth-order valence-electron chi connectivity index (χ4n) is 2.81. The Morgan fingerprint density at radius 2 is 1.85 bits per heavy atom. The van der Waals surface area contributed by atoms with Crippen molar-refractivity contribution in [3.05, 3.63) is 60.3 Å². The summed E-state index contributed by atoms with van der Waals surface area (Å²) in [5.41, 5.74) is 2.65. The van der Waals surface area contributed by atoms with Crippen LogP contribution in [0.3, 0.4) is 0 Å². The largest absolute Gasteiger partial charge is 0.497 e. The highest BCUT2D eigenvalue weighted by atomic mass is 16.5. The number of carbonyl (C=O) groups is 2. The van der Waals surface area contributed by atoms with Crippen molar-refractivity contribution < 1.29 is 14.3 Å². The van der Waals surface area contributed by atoms with E-state index in [1.165, 1.54) is 6.92 Å². The molecule has 3 aromatic rings. The molecule has 1 heterocycles. The van der Waals surface area contributed by atoms with Gasteiger partial charge < -0.3 is 19.9 Å². The van der Waals surface area contributed by atoms with Gasteiger partial charge in [0.2, 0.25) is 11.8 Å². The highest BCUT2D eigenvalue weighted by Gasteiger charge is 2.09. The van der Waals surface area contributed by atoms with Crippen molar-refractivity contribution in [3.63, 3.8) is 0 Å². The maximum atomic E-state index is 12.3. The van der Waals surface area contributed by atoms with Gasteiger partial charge in [-0.3, -0.25) is 9.59 Å². The summed E-state index contributed by atoms with van der Waals surface area (Å²) in [6.45, 7) is 2.14. The van der Waals surface area contributed by atoms with E-state index in [-0.39, 0.29) is 18.4 Å². The van der Waals surface area contributed by atoms with Crippen LogP contribution in [0.4, 0.5) is 5.69 Å². The summed E-state index contributed by atoms with van der Waals surface area (Å²) in [5, 5.41) is 6.63. The van der Waals surface area contributed by atoms with Crippen molar-refractivity contribution in [1.82, 2.24) is 9.88 Å². The number of anilines is 1. The van der Waals surface area contributed by atoms with Gasteiger partial charge in [-0.25, -0.2) is 0 Å². The molecular formula is C20H21N3O3. The van der Waals surface area contributed by atoms with Gasteiger partial charge in [-0.2, -0.15) is 0 Å². The van der Waals surface area contributed by atoms with E-state index in [2.05, 4.69) is 10.6 Å². The molecule has 0 spiro atoms. The minimum atomic E-state index is -0.123. The van der Waals surface area contributed by atoms with Crippen molar-refractivity contribution in [1.29, 1.82) is 0 Å². The minimum absolute atomic E-state index is 0.0803. The molecule has 6 nitrogen and oxygen atoms in total. The second-order valence-corrected chi connectivity index (χ2v) is 5.99. The van der Waals surface area contributed by atoms with Gasteiger partial charge in [0.1, 0.15) is 12.3 Å². The number of carbonyl (C=O) groups excluding carboxylic acids is 2. The SMILES string of the molecule is COc1ccc(CNC(=O)Cn2ccc3c(NC(C)=O)cccc32)cc1. The van der Waals surface area contributed by atoms with Crippen LogP contribution in [0, 0.1) is 0 Å². The molecule has 26 heavy (non-hydrogen) atoms. The fourth-order valence-corrected chi connectivity index (χ4v) is 2.81. The Hall–Kier alpha value is -3.28. The first-order valence-electron chi connectivity index (χ1n) is 8.32. The number of amides is 2. The van der Waals surface area contributed by atoms with E-state index >= 15 is 0 Å². The van der Waals surface area contributed by atoms with E-state index in [9.17, 15) is 9.59 Å². The lowest BCUT2D eigenvalue weighted by molar-refractivity contribution is -0.121. The number of hydrogen-bond acceptors (Lipinski definition) is 3. The highest BCUT2D eigenvalue weighted by molar-refractivity contribution is 6.01. The summed E-state index contributed by atoms with van der Waals surface area (Å²) in [4.78, 5) is 23.6. The molecule has 0 aliphatic carbocycles. The average Bonchev–Trinajstić information content (AvgIpc) is 3.04. The van der Waals surface area contributed by atoms with Gasteiger partial charge in [0.25, 0.3) is 0 Å². The average molecular weight is 351 g/mol. The van der Waals surface area contributed by atoms with Crippen molar-refractivity contribution in [3.8, 4) is 5.75 Å². The first-order chi connectivity index (χ1) is 12.6. The first-order valence-corrected chi connectivity index (χ1v) is 8.32. The van der Waals surface area contributed by atoms with E-state index < -0.39 is 0 Å². The molecule has 1 aromatic heterocycles. The summed E-state index contributed by atoms with van der Waals surface area (Å²) in [6.07, 6.45) is 1.85. The number of nitrogens with one attached hydrogen (secondary N) is 2. The third-order valence-electron chi connectivity index (χ3n) is 4.09. The maximum Gasteiger partial charge on any atom is 0.240 e. The number of rotatable bonds is 6. The van der Waals surface area contributed by atoms with Crippen molar-refractivity contribution in [2.75, 3.05) is 12.4 Å². The van der Waals surface area contributed by atoms with E-state index in [4.69, 9.17) is 4.74 Å². The van der Waals surface area contributed by atoms with E-state index in [1.807, 2.05) is 59.3 Å². The Balaban J connectivity index is 1.66. The Labute approximate surface area is 151 Å². The predicted molar refractivity (Wildman–Crippen MR) is 101 cm³/mol. The Morgan fingerprint density at radius 3 is 2.54 bits per heavy atom. The van der Waals surface area contributed by atoms with Crippen molar-refractivity contribution in [2.45, 2.75) is 20.0 Å². The van der Waals surface area contributed by atoms with Gasteiger partial charge in [-0.1, -0.05) is 18.2 Å². The number of benzene rings is 2. The van der Waals surface area contributed by atoms with Gasteiger partial charge in [0, 0.05) is 25.1 Å². The van der Waals surface area contributed by atoms with E-state index in [0.29, 0.717) is 6.54 Å². The van der Waals surface area contributed by atoms with Crippen LogP contribution < -0.4 is 15.4 Å². The second kappa shape index (κ2) is 7.74. The third-order valence-corrected chi connectivity index (χ3v) is 4.09. The monoisotopic (exact) mass is 351 g/mol. The molecular weight excluding hydrogens is 330 g/mol. The van der Waals surface area contributed by atoms with Crippen LogP contribution in [0.5, 0.6) is 5.75 Å². The smallest absolute Gasteiger partial charge is 0.240 e. The number of aromatic nitrogens is 1. The van der Waals surface area contributed by atoms with Crippen LogP contribution in [0.1, 0.15) is 12.5 Å². The summed E-state index contributed by atoms with van der Waals surface area (Å²) < 4.78 is 6.99. The molecule has 134 valence electrons. The molecule has 2 amide bonds.